The SMILES string of the molecule is CCS(=O)(=O)C1CSCCN1c1nccc(C)c1CN. The molecule has 1 fully saturated rings. The van der Waals surface area contributed by atoms with Crippen LogP contribution in [0.3, 0.4) is 0 Å². The Morgan fingerprint density at radius 1 is 1.55 bits per heavy atom. The molecule has 0 aromatic carbocycles. The second-order valence-electron chi connectivity index (χ2n) is 4.81. The third-order valence-corrected chi connectivity index (χ3v) is 6.93. The van der Waals surface area contributed by atoms with Crippen molar-refractivity contribution in [2.24, 2.45) is 5.73 Å². The molecule has 0 spiro atoms. The molecule has 1 aliphatic heterocycles. The molecule has 2 rings (SSSR count). The summed E-state index contributed by atoms with van der Waals surface area (Å²) in [6.45, 7) is 4.74. The molecule has 0 bridgehead atoms. The van der Waals surface area contributed by atoms with E-state index < -0.39 is 15.2 Å². The Morgan fingerprint density at radius 3 is 2.95 bits per heavy atom. The van der Waals surface area contributed by atoms with Gasteiger partial charge in [-0.1, -0.05) is 6.92 Å². The summed E-state index contributed by atoms with van der Waals surface area (Å²) >= 11 is 1.68. The van der Waals surface area contributed by atoms with Crippen LogP contribution in [0, 0.1) is 6.92 Å². The first-order valence-electron chi connectivity index (χ1n) is 6.71. The number of pyridine rings is 1. The molecule has 2 N–H and O–H groups in total. The number of aryl methyl sites for hydroxylation is 1. The van der Waals surface area contributed by atoms with Crippen LogP contribution in [0.2, 0.25) is 0 Å². The lowest BCUT2D eigenvalue weighted by atomic mass is 10.1. The number of nitrogens with zero attached hydrogens (tertiary/aromatic N) is 2. The first-order valence-corrected chi connectivity index (χ1v) is 9.58. The molecule has 1 aromatic rings. The van der Waals surface area contributed by atoms with E-state index >= 15 is 0 Å². The van der Waals surface area contributed by atoms with Crippen LogP contribution in [-0.2, 0) is 16.4 Å². The number of hydrogen-bond donors (Lipinski definition) is 1. The molecule has 1 atom stereocenters. The van der Waals surface area contributed by atoms with Gasteiger partial charge in [-0.15, -0.1) is 0 Å². The van der Waals surface area contributed by atoms with E-state index in [1.807, 2.05) is 17.9 Å². The minimum Gasteiger partial charge on any atom is -0.338 e. The number of thioether (sulfide) groups is 1. The van der Waals surface area contributed by atoms with E-state index in [9.17, 15) is 8.42 Å². The number of anilines is 1. The molecule has 1 unspecified atom stereocenters. The summed E-state index contributed by atoms with van der Waals surface area (Å²) in [4.78, 5) is 6.33. The Kier molecular flexibility index (Phi) is 4.93. The number of rotatable bonds is 4. The van der Waals surface area contributed by atoms with Gasteiger partial charge in [0, 0.05) is 42.1 Å². The Hall–Kier alpha value is -0.790. The number of nitrogens with two attached hydrogens (primary N) is 1. The molecule has 1 aromatic heterocycles. The van der Waals surface area contributed by atoms with Crippen LogP contribution in [0.1, 0.15) is 18.1 Å². The smallest absolute Gasteiger partial charge is 0.171 e. The van der Waals surface area contributed by atoms with E-state index in [4.69, 9.17) is 5.73 Å². The number of sulfone groups is 1. The minimum atomic E-state index is -3.13. The lowest BCUT2D eigenvalue weighted by molar-refractivity contribution is 0.578. The highest BCUT2D eigenvalue weighted by Crippen LogP contribution is 2.29. The highest BCUT2D eigenvalue weighted by atomic mass is 32.2. The zero-order chi connectivity index (χ0) is 14.8. The van der Waals surface area contributed by atoms with Crippen molar-refractivity contribution in [3.05, 3.63) is 23.4 Å². The molecule has 1 aliphatic rings. The molecule has 7 heteroatoms. The van der Waals surface area contributed by atoms with Crippen molar-refractivity contribution >= 4 is 27.4 Å². The molecule has 5 nitrogen and oxygen atoms in total. The van der Waals surface area contributed by atoms with Crippen LogP contribution in [0.15, 0.2) is 12.3 Å². The van der Waals surface area contributed by atoms with E-state index in [-0.39, 0.29) is 5.75 Å². The van der Waals surface area contributed by atoms with Crippen molar-refractivity contribution in [1.82, 2.24) is 4.98 Å². The summed E-state index contributed by atoms with van der Waals surface area (Å²) in [5, 5.41) is -0.495. The molecule has 112 valence electrons. The normalized spacial score (nSPS) is 20.1. The summed E-state index contributed by atoms with van der Waals surface area (Å²) in [5.41, 5.74) is 7.82. The largest absolute Gasteiger partial charge is 0.338 e. The van der Waals surface area contributed by atoms with Gasteiger partial charge in [-0.25, -0.2) is 13.4 Å². The van der Waals surface area contributed by atoms with E-state index in [1.165, 1.54) is 0 Å². The Balaban J connectivity index is 2.46. The molecule has 0 aliphatic carbocycles. The van der Waals surface area contributed by atoms with Gasteiger partial charge < -0.3 is 10.6 Å². The van der Waals surface area contributed by atoms with Gasteiger partial charge in [-0.3, -0.25) is 0 Å². The van der Waals surface area contributed by atoms with Crippen LogP contribution in [0.5, 0.6) is 0 Å². The molecule has 1 saturated heterocycles. The van der Waals surface area contributed by atoms with Crippen molar-refractivity contribution in [1.29, 1.82) is 0 Å². The van der Waals surface area contributed by atoms with Crippen molar-refractivity contribution in [2.75, 3.05) is 28.7 Å². The Labute approximate surface area is 124 Å². The summed E-state index contributed by atoms with van der Waals surface area (Å²) < 4.78 is 24.6. The zero-order valence-electron chi connectivity index (χ0n) is 11.9. The van der Waals surface area contributed by atoms with Crippen molar-refractivity contribution in [3.8, 4) is 0 Å². The molecule has 0 radical (unpaired) electrons. The predicted molar refractivity (Wildman–Crippen MR) is 84.8 cm³/mol. The lowest BCUT2D eigenvalue weighted by Gasteiger charge is -2.36. The standard InChI is InChI=1S/C13H21N3O2S2/c1-3-20(17,18)12-9-19-7-6-16(12)13-11(8-14)10(2)4-5-15-13/h4-5,12H,3,6-9,14H2,1-2H3. The average molecular weight is 315 g/mol. The van der Waals surface area contributed by atoms with Crippen molar-refractivity contribution in [3.63, 3.8) is 0 Å². The topological polar surface area (TPSA) is 76.3 Å². The van der Waals surface area contributed by atoms with Crippen molar-refractivity contribution in [2.45, 2.75) is 25.8 Å². The van der Waals surface area contributed by atoms with Gasteiger partial charge in [0.2, 0.25) is 0 Å². The highest BCUT2D eigenvalue weighted by Gasteiger charge is 2.34. The maximum atomic E-state index is 12.3. The molecule has 0 saturated carbocycles. The van der Waals surface area contributed by atoms with Gasteiger partial charge in [0.05, 0.1) is 0 Å². The first-order chi connectivity index (χ1) is 9.51. The maximum Gasteiger partial charge on any atom is 0.171 e. The summed E-state index contributed by atoms with van der Waals surface area (Å²) in [5.74, 6) is 2.39. The van der Waals surface area contributed by atoms with E-state index in [1.54, 1.807) is 24.9 Å². The van der Waals surface area contributed by atoms with Crippen LogP contribution < -0.4 is 10.6 Å². The van der Waals surface area contributed by atoms with E-state index in [2.05, 4.69) is 4.98 Å². The lowest BCUT2D eigenvalue weighted by Crippen LogP contribution is -2.48. The fraction of sp³-hybridized carbons (Fsp3) is 0.615. The number of aromatic nitrogens is 1. The van der Waals surface area contributed by atoms with Gasteiger partial charge >= 0.3 is 0 Å². The fourth-order valence-electron chi connectivity index (χ4n) is 2.39. The van der Waals surface area contributed by atoms with Crippen LogP contribution in [-0.4, -0.2) is 42.6 Å². The Bertz CT molecular complexity index is 575. The minimum absolute atomic E-state index is 0.151. The second-order valence-corrected chi connectivity index (χ2v) is 8.41. The summed E-state index contributed by atoms with van der Waals surface area (Å²) in [6, 6.07) is 1.91. The monoisotopic (exact) mass is 315 g/mol. The molecule has 20 heavy (non-hydrogen) atoms. The van der Waals surface area contributed by atoms with Crippen molar-refractivity contribution < 1.29 is 8.42 Å². The molecular formula is C13H21N3O2S2. The van der Waals surface area contributed by atoms with Gasteiger partial charge in [0.1, 0.15) is 11.2 Å². The molecule has 0 amide bonds. The second kappa shape index (κ2) is 6.32. The van der Waals surface area contributed by atoms with Gasteiger partial charge in [-0.05, 0) is 18.6 Å². The number of hydrogen-bond acceptors (Lipinski definition) is 6. The fourth-order valence-corrected chi connectivity index (χ4v) is 5.36. The summed E-state index contributed by atoms with van der Waals surface area (Å²) in [6.07, 6.45) is 1.72. The van der Waals surface area contributed by atoms with E-state index in [0.29, 0.717) is 18.8 Å². The van der Waals surface area contributed by atoms with Crippen LogP contribution in [0.25, 0.3) is 0 Å². The maximum absolute atomic E-state index is 12.3. The summed E-state index contributed by atoms with van der Waals surface area (Å²) in [7, 11) is -3.13. The van der Waals surface area contributed by atoms with Gasteiger partial charge in [0.15, 0.2) is 9.84 Å². The molecular weight excluding hydrogens is 294 g/mol. The van der Waals surface area contributed by atoms with Gasteiger partial charge in [-0.2, -0.15) is 11.8 Å². The van der Waals surface area contributed by atoms with E-state index in [0.717, 1.165) is 22.7 Å². The third-order valence-electron chi connectivity index (χ3n) is 3.64. The highest BCUT2D eigenvalue weighted by molar-refractivity contribution is 8.01. The quantitative estimate of drug-likeness (QED) is 0.898. The van der Waals surface area contributed by atoms with Crippen LogP contribution in [0.4, 0.5) is 5.82 Å². The third kappa shape index (κ3) is 2.94. The average Bonchev–Trinajstić information content (AvgIpc) is 2.47. The van der Waals surface area contributed by atoms with Gasteiger partial charge in [0.25, 0.3) is 0 Å². The molecule has 2 heterocycles. The Morgan fingerprint density at radius 2 is 2.30 bits per heavy atom. The first kappa shape index (κ1) is 15.6. The predicted octanol–water partition coefficient (Wildman–Crippen LogP) is 1.16. The zero-order valence-corrected chi connectivity index (χ0v) is 13.5. The van der Waals surface area contributed by atoms with Crippen LogP contribution >= 0.6 is 11.8 Å².